The van der Waals surface area contributed by atoms with E-state index in [1.165, 1.54) is 24.3 Å². The van der Waals surface area contributed by atoms with E-state index in [-0.39, 0.29) is 18.1 Å². The minimum Gasteiger partial charge on any atom is -0.487 e. The molecule has 0 aliphatic carbocycles. The second-order valence-corrected chi connectivity index (χ2v) is 7.57. The van der Waals surface area contributed by atoms with Crippen molar-refractivity contribution in [2.24, 2.45) is 0 Å². The highest BCUT2D eigenvalue weighted by Crippen LogP contribution is 2.44. The zero-order valence-corrected chi connectivity index (χ0v) is 15.6. The van der Waals surface area contributed by atoms with Gasteiger partial charge in [0, 0.05) is 56.1 Å². The summed E-state index contributed by atoms with van der Waals surface area (Å²) in [6.45, 7) is 0.767. The topological polar surface area (TPSA) is 61.8 Å². The fourth-order valence-electron chi connectivity index (χ4n) is 3.98. The van der Waals surface area contributed by atoms with Gasteiger partial charge in [0.2, 0.25) is 0 Å². The quantitative estimate of drug-likeness (QED) is 0.800. The first kappa shape index (κ1) is 19.6. The molecule has 2 aromatic rings. The van der Waals surface area contributed by atoms with Crippen LogP contribution in [0.4, 0.5) is 18.0 Å². The van der Waals surface area contributed by atoms with Gasteiger partial charge in [-0.3, -0.25) is 0 Å². The van der Waals surface area contributed by atoms with Crippen LogP contribution in [0.2, 0.25) is 0 Å². The van der Waals surface area contributed by atoms with E-state index in [0.717, 1.165) is 12.1 Å². The Morgan fingerprint density at radius 3 is 2.55 bits per heavy atom. The van der Waals surface area contributed by atoms with Crippen molar-refractivity contribution in [2.45, 2.75) is 37.5 Å². The molecule has 8 heteroatoms. The van der Waals surface area contributed by atoms with Gasteiger partial charge in [-0.15, -0.1) is 0 Å². The van der Waals surface area contributed by atoms with Gasteiger partial charge in [0.05, 0.1) is 6.10 Å². The first-order valence-corrected chi connectivity index (χ1v) is 9.48. The van der Waals surface area contributed by atoms with E-state index >= 15 is 0 Å². The summed E-state index contributed by atoms with van der Waals surface area (Å²) < 4.78 is 46.2. The van der Waals surface area contributed by atoms with Crippen LogP contribution in [0.3, 0.4) is 0 Å². The first-order valence-electron chi connectivity index (χ1n) is 9.48. The molecule has 1 spiro atoms. The molecule has 2 heterocycles. The summed E-state index contributed by atoms with van der Waals surface area (Å²) in [4.78, 5) is 14.0. The van der Waals surface area contributed by atoms with Crippen LogP contribution in [-0.2, 0) is 6.54 Å². The molecule has 0 saturated carbocycles. The van der Waals surface area contributed by atoms with E-state index in [2.05, 4.69) is 5.32 Å². The maximum atomic E-state index is 13.7. The van der Waals surface area contributed by atoms with Gasteiger partial charge >= 0.3 is 6.03 Å². The van der Waals surface area contributed by atoms with E-state index in [0.29, 0.717) is 43.7 Å². The van der Waals surface area contributed by atoms with E-state index in [1.54, 1.807) is 4.90 Å². The molecule has 1 fully saturated rings. The van der Waals surface area contributed by atoms with Crippen LogP contribution in [0.5, 0.6) is 5.75 Å². The van der Waals surface area contributed by atoms with E-state index in [9.17, 15) is 23.1 Å². The van der Waals surface area contributed by atoms with Crippen molar-refractivity contribution in [1.29, 1.82) is 0 Å². The molecule has 2 aliphatic heterocycles. The zero-order valence-electron chi connectivity index (χ0n) is 15.6. The second-order valence-electron chi connectivity index (χ2n) is 7.57. The van der Waals surface area contributed by atoms with E-state index in [4.69, 9.17) is 4.74 Å². The monoisotopic (exact) mass is 406 g/mol. The molecule has 2 aliphatic rings. The molecule has 2 N–H and O–H groups in total. The number of amides is 2. The van der Waals surface area contributed by atoms with Crippen molar-refractivity contribution >= 4 is 6.03 Å². The lowest BCUT2D eigenvalue weighted by Crippen LogP contribution is -2.53. The predicted molar refractivity (Wildman–Crippen MR) is 98.7 cm³/mol. The van der Waals surface area contributed by atoms with Gasteiger partial charge in [0.1, 0.15) is 28.8 Å². The Balaban J connectivity index is 1.35. The minimum absolute atomic E-state index is 0.0409. The van der Waals surface area contributed by atoms with Crippen molar-refractivity contribution in [1.82, 2.24) is 10.2 Å². The molecule has 0 aromatic heterocycles. The number of urea groups is 1. The third-order valence-electron chi connectivity index (χ3n) is 5.63. The Morgan fingerprint density at radius 1 is 1.14 bits per heavy atom. The average molecular weight is 406 g/mol. The number of carbonyl (C=O) groups is 1. The molecule has 154 valence electrons. The van der Waals surface area contributed by atoms with E-state index in [1.807, 2.05) is 0 Å². The number of aliphatic hydroxyl groups excluding tert-OH is 1. The van der Waals surface area contributed by atoms with Crippen LogP contribution in [0.1, 0.15) is 36.5 Å². The zero-order chi connectivity index (χ0) is 20.6. The number of carbonyl (C=O) groups excluding carboxylic acids is 1. The van der Waals surface area contributed by atoms with Crippen molar-refractivity contribution in [3.8, 4) is 5.75 Å². The lowest BCUT2D eigenvalue weighted by molar-refractivity contribution is -0.0479. The number of hydrogen-bond donors (Lipinski definition) is 2. The molecule has 0 bridgehead atoms. The van der Waals surface area contributed by atoms with Crippen LogP contribution >= 0.6 is 0 Å². The number of likely N-dealkylation sites (tertiary alicyclic amines) is 1. The molecule has 1 unspecified atom stereocenters. The molecule has 2 aromatic carbocycles. The minimum atomic E-state index is -0.823. The number of ether oxygens (including phenoxy) is 1. The second kappa shape index (κ2) is 7.59. The summed E-state index contributed by atoms with van der Waals surface area (Å²) in [5, 5.41) is 13.1. The fourth-order valence-corrected chi connectivity index (χ4v) is 3.98. The molecule has 5 nitrogen and oxygen atoms in total. The highest BCUT2D eigenvalue weighted by atomic mass is 19.1. The number of rotatable bonds is 2. The molecule has 29 heavy (non-hydrogen) atoms. The van der Waals surface area contributed by atoms with Gasteiger partial charge in [0.25, 0.3) is 0 Å². The molecule has 2 amide bonds. The maximum Gasteiger partial charge on any atom is 0.317 e. The molecule has 1 saturated heterocycles. The highest BCUT2D eigenvalue weighted by molar-refractivity contribution is 5.74. The number of benzene rings is 2. The SMILES string of the molecule is O=C(NCc1ccc(F)cc1F)N1CCC2(CC1)CC(O)c1cc(F)ccc1O2. The van der Waals surface area contributed by atoms with Gasteiger partial charge in [-0.25, -0.2) is 18.0 Å². The molecule has 4 rings (SSSR count). The van der Waals surface area contributed by atoms with Gasteiger partial charge < -0.3 is 20.1 Å². The Labute approximate surface area is 166 Å². The Bertz CT molecular complexity index is 929. The fraction of sp³-hybridized carbons (Fsp3) is 0.381. The van der Waals surface area contributed by atoms with Crippen LogP contribution in [0.15, 0.2) is 36.4 Å². The first-order chi connectivity index (χ1) is 13.8. The van der Waals surface area contributed by atoms with Crippen molar-refractivity contribution in [2.75, 3.05) is 13.1 Å². The number of halogens is 3. The third kappa shape index (κ3) is 4.03. The molecule has 1 atom stereocenters. The highest BCUT2D eigenvalue weighted by Gasteiger charge is 2.43. The molecular formula is C21H21F3N2O3. The summed E-state index contributed by atoms with van der Waals surface area (Å²) in [5.41, 5.74) is 0.0392. The Kier molecular flexibility index (Phi) is 5.12. The number of nitrogens with zero attached hydrogens (tertiary/aromatic N) is 1. The van der Waals surface area contributed by atoms with Gasteiger partial charge in [-0.1, -0.05) is 6.07 Å². The van der Waals surface area contributed by atoms with Gasteiger partial charge in [-0.05, 0) is 24.3 Å². The smallest absolute Gasteiger partial charge is 0.317 e. The summed E-state index contributed by atoms with van der Waals surface area (Å²) >= 11 is 0. The lowest BCUT2D eigenvalue weighted by atomic mass is 9.81. The Morgan fingerprint density at radius 2 is 1.83 bits per heavy atom. The van der Waals surface area contributed by atoms with Crippen molar-refractivity contribution in [3.63, 3.8) is 0 Å². The number of fused-ring (bicyclic) bond motifs is 1. The largest absolute Gasteiger partial charge is 0.487 e. The summed E-state index contributed by atoms with van der Waals surface area (Å²) in [6.07, 6.45) is 0.536. The van der Waals surface area contributed by atoms with Gasteiger partial charge in [0.15, 0.2) is 0 Å². The summed E-state index contributed by atoms with van der Waals surface area (Å²) in [5.74, 6) is -1.33. The van der Waals surface area contributed by atoms with Crippen LogP contribution in [0, 0.1) is 17.5 Å². The van der Waals surface area contributed by atoms with Crippen LogP contribution in [-0.4, -0.2) is 34.7 Å². The lowest BCUT2D eigenvalue weighted by Gasteiger charge is -2.45. The van der Waals surface area contributed by atoms with Crippen molar-refractivity contribution in [3.05, 3.63) is 65.0 Å². The molecule has 0 radical (unpaired) electrons. The van der Waals surface area contributed by atoms with E-state index < -0.39 is 29.2 Å². The summed E-state index contributed by atoms with van der Waals surface area (Å²) in [7, 11) is 0. The summed E-state index contributed by atoms with van der Waals surface area (Å²) in [6, 6.07) is 6.97. The predicted octanol–water partition coefficient (Wildman–Crippen LogP) is 3.66. The maximum absolute atomic E-state index is 13.7. The normalized spacial score (nSPS) is 20.1. The number of hydrogen-bond acceptors (Lipinski definition) is 3. The van der Waals surface area contributed by atoms with Crippen molar-refractivity contribution < 1.29 is 27.8 Å². The number of nitrogens with one attached hydrogen (secondary N) is 1. The van der Waals surface area contributed by atoms with Crippen LogP contribution < -0.4 is 10.1 Å². The molecular weight excluding hydrogens is 385 g/mol. The van der Waals surface area contributed by atoms with Crippen LogP contribution in [0.25, 0.3) is 0 Å². The van der Waals surface area contributed by atoms with Gasteiger partial charge in [-0.2, -0.15) is 0 Å². The number of piperidine rings is 1. The standard InChI is InChI=1S/C21H21F3N2O3/c22-14-3-4-19-16(9-14)18(27)11-21(29-19)5-7-26(8-6-21)20(28)25-12-13-1-2-15(23)10-17(13)24/h1-4,9-10,18,27H,5-8,11-12H2,(H,25,28). The average Bonchev–Trinajstić information content (AvgIpc) is 2.68. The number of aliphatic hydroxyl groups is 1. The third-order valence-corrected chi connectivity index (χ3v) is 5.63. The Hall–Kier alpha value is -2.74.